The van der Waals surface area contributed by atoms with Gasteiger partial charge in [0, 0.05) is 15.9 Å². The molecule has 0 heterocycles. The van der Waals surface area contributed by atoms with E-state index in [2.05, 4.69) is 36.2 Å². The second kappa shape index (κ2) is 6.05. The summed E-state index contributed by atoms with van der Waals surface area (Å²) in [5.74, 6) is 0.320. The van der Waals surface area contributed by atoms with Crippen LogP contribution in [0.15, 0.2) is 0 Å². The zero-order valence-electron chi connectivity index (χ0n) is 8.91. The highest BCUT2D eigenvalue weighted by molar-refractivity contribution is 9.12. The first-order chi connectivity index (χ1) is 7.37. The molecule has 0 radical (unpaired) electrons. The molecular formula is C9H9BrN2O4. The van der Waals surface area contributed by atoms with E-state index in [-0.39, 0.29) is 0 Å². The molecule has 0 saturated carbocycles. The Balaban J connectivity index is 4.88. The van der Waals surface area contributed by atoms with Gasteiger partial charge in [-0.3, -0.25) is 0 Å². The summed E-state index contributed by atoms with van der Waals surface area (Å²) in [6.07, 6.45) is 0. The lowest BCUT2D eigenvalue weighted by Crippen LogP contribution is -2.35. The summed E-state index contributed by atoms with van der Waals surface area (Å²) in [7, 11) is 1.05. The smallest absolute Gasteiger partial charge is 0.460 e. The Hall–Kier alpha value is -1.64. The van der Waals surface area contributed by atoms with Crippen LogP contribution in [-0.2, 0) is 19.1 Å². The maximum atomic E-state index is 11.4. The van der Waals surface area contributed by atoms with Crippen LogP contribution in [0.2, 0.25) is 0 Å². The highest BCUT2D eigenvalue weighted by Crippen LogP contribution is 2.08. The van der Waals surface area contributed by atoms with Crippen LogP contribution < -0.4 is 0 Å². The Kier molecular flexibility index (Phi) is 5.43. The molecule has 0 saturated heterocycles. The molecule has 0 aromatic rings. The van der Waals surface area contributed by atoms with Crippen molar-refractivity contribution in [2.75, 3.05) is 7.11 Å². The van der Waals surface area contributed by atoms with Gasteiger partial charge in [0.2, 0.25) is 0 Å². The number of methoxy groups -OCH3 is 1. The van der Waals surface area contributed by atoms with Crippen molar-refractivity contribution in [2.45, 2.75) is 19.4 Å². The van der Waals surface area contributed by atoms with Gasteiger partial charge in [0.25, 0.3) is 0 Å². The summed E-state index contributed by atoms with van der Waals surface area (Å²) in [4.78, 5) is 27.2. The third kappa shape index (κ3) is 4.26. The SMILES string of the molecule is COC(=O)C(=[N+]=[N-])C(=O)OC(C)(C)C#CBr. The van der Waals surface area contributed by atoms with Gasteiger partial charge < -0.3 is 15.0 Å². The van der Waals surface area contributed by atoms with Crippen molar-refractivity contribution in [2.24, 2.45) is 0 Å². The molecule has 0 aliphatic heterocycles. The fourth-order valence-corrected chi connectivity index (χ4v) is 1.16. The number of rotatable bonds is 3. The first-order valence-corrected chi connectivity index (χ1v) is 4.83. The Morgan fingerprint density at radius 1 is 1.38 bits per heavy atom. The van der Waals surface area contributed by atoms with Gasteiger partial charge in [0.1, 0.15) is 0 Å². The van der Waals surface area contributed by atoms with Crippen LogP contribution in [0.3, 0.4) is 0 Å². The maximum Gasteiger partial charge on any atom is 0.482 e. The monoisotopic (exact) mass is 288 g/mol. The topological polar surface area (TPSA) is 89.0 Å². The lowest BCUT2D eigenvalue weighted by atomic mass is 10.1. The van der Waals surface area contributed by atoms with Crippen LogP contribution >= 0.6 is 15.9 Å². The zero-order valence-corrected chi connectivity index (χ0v) is 10.5. The summed E-state index contributed by atoms with van der Waals surface area (Å²) >= 11 is 2.85. The predicted octanol–water partition coefficient (Wildman–Crippen LogP) is 0.508. The van der Waals surface area contributed by atoms with E-state index >= 15 is 0 Å². The average molecular weight is 289 g/mol. The number of nitrogens with zero attached hydrogens (tertiary/aromatic N) is 2. The van der Waals surface area contributed by atoms with E-state index < -0.39 is 23.3 Å². The van der Waals surface area contributed by atoms with Gasteiger partial charge in [0.15, 0.2) is 5.60 Å². The fraction of sp³-hybridized carbons (Fsp3) is 0.444. The Bertz CT molecular complexity index is 413. The minimum Gasteiger partial charge on any atom is -0.460 e. The number of esters is 2. The van der Waals surface area contributed by atoms with E-state index in [9.17, 15) is 9.59 Å². The van der Waals surface area contributed by atoms with E-state index in [1.54, 1.807) is 0 Å². The Labute approximate surface area is 101 Å². The van der Waals surface area contributed by atoms with E-state index in [4.69, 9.17) is 10.3 Å². The molecular weight excluding hydrogens is 280 g/mol. The molecule has 0 aromatic carbocycles. The lowest BCUT2D eigenvalue weighted by molar-refractivity contribution is -0.152. The zero-order chi connectivity index (χ0) is 12.8. The van der Waals surface area contributed by atoms with Gasteiger partial charge in [-0.15, -0.1) is 0 Å². The number of hydrogen-bond donors (Lipinski definition) is 0. The molecule has 16 heavy (non-hydrogen) atoms. The molecule has 0 amide bonds. The molecule has 7 heteroatoms. The highest BCUT2D eigenvalue weighted by Gasteiger charge is 2.36. The predicted molar refractivity (Wildman–Crippen MR) is 57.5 cm³/mol. The number of ether oxygens (including phenoxy) is 2. The van der Waals surface area contributed by atoms with Gasteiger partial charge in [0.05, 0.1) is 7.11 Å². The summed E-state index contributed by atoms with van der Waals surface area (Å²) in [5, 5.41) is 0. The summed E-state index contributed by atoms with van der Waals surface area (Å²) in [6.45, 7) is 3.01. The molecule has 0 spiro atoms. The second-order valence-corrected chi connectivity index (χ2v) is 3.46. The molecule has 0 bridgehead atoms. The van der Waals surface area contributed by atoms with E-state index in [0.717, 1.165) is 7.11 Å². The quantitative estimate of drug-likeness (QED) is 0.189. The van der Waals surface area contributed by atoms with Crippen LogP contribution in [0.1, 0.15) is 13.8 Å². The molecule has 0 fully saturated rings. The Morgan fingerprint density at radius 3 is 2.31 bits per heavy atom. The van der Waals surface area contributed by atoms with E-state index in [0.29, 0.717) is 0 Å². The second-order valence-electron chi connectivity index (χ2n) is 3.06. The summed E-state index contributed by atoms with van der Waals surface area (Å²) < 4.78 is 9.04. The fourth-order valence-electron chi connectivity index (χ4n) is 0.681. The number of carbonyl (C=O) groups is 2. The Morgan fingerprint density at radius 2 is 1.94 bits per heavy atom. The highest BCUT2D eigenvalue weighted by atomic mass is 79.9. The standard InChI is InChI=1S/C9H9BrN2O4/c1-9(2,4-5-10)16-8(14)6(12-11)7(13)15-3/h1-3H3. The molecule has 0 aromatic heterocycles. The van der Waals surface area contributed by atoms with Crippen molar-refractivity contribution >= 4 is 33.6 Å². The molecule has 0 aliphatic carbocycles. The van der Waals surface area contributed by atoms with Gasteiger partial charge in [-0.1, -0.05) is 0 Å². The molecule has 86 valence electrons. The molecule has 0 rings (SSSR count). The summed E-state index contributed by atoms with van der Waals surface area (Å²) in [6, 6.07) is 0. The minimum absolute atomic E-state index is 0.841. The summed E-state index contributed by atoms with van der Waals surface area (Å²) in [5.41, 5.74) is 6.50. The van der Waals surface area contributed by atoms with Crippen LogP contribution in [0.5, 0.6) is 0 Å². The van der Waals surface area contributed by atoms with Crippen LogP contribution in [-0.4, -0.2) is 35.2 Å². The normalized spacial score (nSPS) is 9.25. The van der Waals surface area contributed by atoms with Gasteiger partial charge >= 0.3 is 17.7 Å². The number of halogens is 1. The van der Waals surface area contributed by atoms with Crippen molar-refractivity contribution in [1.82, 2.24) is 0 Å². The van der Waals surface area contributed by atoms with Gasteiger partial charge in [-0.2, -0.15) is 4.79 Å². The van der Waals surface area contributed by atoms with Gasteiger partial charge in [-0.05, 0) is 24.6 Å². The molecule has 0 aliphatic rings. The van der Waals surface area contributed by atoms with Crippen LogP contribution in [0.25, 0.3) is 5.53 Å². The first kappa shape index (κ1) is 14.4. The van der Waals surface area contributed by atoms with Crippen molar-refractivity contribution in [3.63, 3.8) is 0 Å². The molecule has 0 unspecified atom stereocenters. The largest absolute Gasteiger partial charge is 0.482 e. The van der Waals surface area contributed by atoms with Crippen molar-refractivity contribution in [3.8, 4) is 10.8 Å². The third-order valence-corrected chi connectivity index (χ3v) is 1.57. The average Bonchev–Trinajstić information content (AvgIpc) is 2.17. The van der Waals surface area contributed by atoms with E-state index in [1.807, 2.05) is 0 Å². The first-order valence-electron chi connectivity index (χ1n) is 4.04. The van der Waals surface area contributed by atoms with Gasteiger partial charge in [-0.25, -0.2) is 9.59 Å². The molecule has 0 atom stereocenters. The minimum atomic E-state index is -1.12. The number of carbonyl (C=O) groups excluding carboxylic acids is 2. The van der Waals surface area contributed by atoms with Crippen molar-refractivity contribution < 1.29 is 23.9 Å². The number of hydrogen-bond acceptors (Lipinski definition) is 4. The molecule has 6 nitrogen and oxygen atoms in total. The van der Waals surface area contributed by atoms with Crippen LogP contribution in [0.4, 0.5) is 0 Å². The maximum absolute atomic E-state index is 11.4. The third-order valence-electron chi connectivity index (χ3n) is 1.37. The van der Waals surface area contributed by atoms with Crippen molar-refractivity contribution in [1.29, 1.82) is 0 Å². The van der Waals surface area contributed by atoms with Crippen LogP contribution in [0, 0.1) is 10.8 Å². The molecule has 0 N–H and O–H groups in total. The lowest BCUT2D eigenvalue weighted by Gasteiger charge is -2.16. The van der Waals surface area contributed by atoms with E-state index in [1.165, 1.54) is 13.8 Å². The van der Waals surface area contributed by atoms with Crippen molar-refractivity contribution in [3.05, 3.63) is 5.53 Å².